The fourth-order valence-electron chi connectivity index (χ4n) is 3.32. The van der Waals surface area contributed by atoms with E-state index in [9.17, 15) is 34.8 Å². The van der Waals surface area contributed by atoms with Crippen LogP contribution in [-0.2, 0) is 26.8 Å². The van der Waals surface area contributed by atoms with E-state index in [2.05, 4.69) is 9.76 Å². The lowest BCUT2D eigenvalue weighted by molar-refractivity contribution is -0.143. The summed E-state index contributed by atoms with van der Waals surface area (Å²) in [5, 5.41) is 1.87. The van der Waals surface area contributed by atoms with Crippen molar-refractivity contribution in [3.8, 4) is 0 Å². The third-order valence-corrected chi connectivity index (χ3v) is 5.97. The normalized spacial score (nSPS) is 13.1. The van der Waals surface area contributed by atoms with Crippen molar-refractivity contribution in [2.24, 2.45) is 0 Å². The van der Waals surface area contributed by atoms with Gasteiger partial charge in [0, 0.05) is 0 Å². The van der Waals surface area contributed by atoms with Crippen LogP contribution in [0.25, 0.3) is 21.7 Å². The first-order valence-electron chi connectivity index (χ1n) is 9.17. The van der Waals surface area contributed by atoms with Gasteiger partial charge in [-0.25, -0.2) is 5.48 Å². The van der Waals surface area contributed by atoms with Crippen LogP contribution in [0.1, 0.15) is 16.9 Å². The summed E-state index contributed by atoms with van der Waals surface area (Å²) in [6.45, 7) is 1.49. The maximum Gasteiger partial charge on any atom is 0.416 e. The maximum absolute atomic E-state index is 13.1. The Bertz CT molecular complexity index is 1440. The van der Waals surface area contributed by atoms with Crippen LogP contribution < -0.4 is 5.48 Å². The van der Waals surface area contributed by atoms with E-state index in [1.807, 2.05) is 0 Å². The summed E-state index contributed by atoms with van der Waals surface area (Å²) in [5.74, 6) is 0.191. The van der Waals surface area contributed by atoms with E-state index in [0.717, 1.165) is 5.39 Å². The van der Waals surface area contributed by atoms with Gasteiger partial charge in [0.1, 0.15) is 17.0 Å². The van der Waals surface area contributed by atoms with Crippen molar-refractivity contribution in [1.29, 1.82) is 0 Å². The highest BCUT2D eigenvalue weighted by molar-refractivity contribution is 7.86. The molecule has 0 bridgehead atoms. The van der Waals surface area contributed by atoms with E-state index in [1.54, 1.807) is 36.4 Å². The van der Waals surface area contributed by atoms with Crippen LogP contribution in [0.3, 0.4) is 0 Å². The number of anilines is 1. The molecule has 33 heavy (non-hydrogen) atoms. The van der Waals surface area contributed by atoms with Crippen molar-refractivity contribution in [2.75, 3.05) is 5.48 Å². The molecule has 0 saturated carbocycles. The molecular weight excluding hydrogens is 476 g/mol. The average Bonchev–Trinajstić information content (AvgIpc) is 3.06. The molecule has 0 radical (unpaired) electrons. The predicted octanol–water partition coefficient (Wildman–Crippen LogP) is 6.66. The quantitative estimate of drug-likeness (QED) is 0.256. The summed E-state index contributed by atoms with van der Waals surface area (Å²) >= 11 is 0. The van der Waals surface area contributed by atoms with Crippen LogP contribution in [0.2, 0.25) is 0 Å². The Morgan fingerprint density at radius 3 is 2.09 bits per heavy atom. The van der Waals surface area contributed by atoms with Crippen molar-refractivity contribution < 1.29 is 43.5 Å². The number of hydrogen-bond acceptors (Lipinski definition) is 5. The molecule has 12 heteroatoms. The van der Waals surface area contributed by atoms with Crippen molar-refractivity contribution in [3.63, 3.8) is 0 Å². The van der Waals surface area contributed by atoms with E-state index in [-0.39, 0.29) is 29.6 Å². The molecular formula is C21H13F6NO4S. The number of furan rings is 1. The zero-order valence-corrected chi connectivity index (χ0v) is 17.3. The zero-order valence-electron chi connectivity index (χ0n) is 16.5. The summed E-state index contributed by atoms with van der Waals surface area (Å²) < 4.78 is 114. The second-order valence-electron chi connectivity index (χ2n) is 7.07. The molecule has 1 heterocycles. The summed E-state index contributed by atoms with van der Waals surface area (Å²) in [6, 6.07) is 10.4. The summed E-state index contributed by atoms with van der Waals surface area (Å²) in [6.07, 6.45) is -10.4. The lowest BCUT2D eigenvalue weighted by atomic mass is 10.1. The van der Waals surface area contributed by atoms with Gasteiger partial charge >= 0.3 is 22.5 Å². The molecule has 0 unspecified atom stereocenters. The summed E-state index contributed by atoms with van der Waals surface area (Å²) in [7, 11) is -5.09. The molecule has 3 aromatic carbocycles. The molecule has 0 aliphatic rings. The molecule has 5 nitrogen and oxygen atoms in total. The molecule has 4 rings (SSSR count). The Kier molecular flexibility index (Phi) is 5.32. The number of benzene rings is 3. The van der Waals surface area contributed by atoms with Gasteiger partial charge in [-0.15, -0.1) is 4.28 Å². The predicted molar refractivity (Wildman–Crippen MR) is 107 cm³/mol. The first-order chi connectivity index (χ1) is 15.3. The molecule has 0 atom stereocenters. The van der Waals surface area contributed by atoms with Crippen molar-refractivity contribution >= 4 is 37.5 Å². The van der Waals surface area contributed by atoms with Crippen LogP contribution in [0.4, 0.5) is 32.0 Å². The third kappa shape index (κ3) is 4.35. The molecule has 0 saturated heterocycles. The molecule has 1 aromatic heterocycles. The van der Waals surface area contributed by atoms with E-state index >= 15 is 0 Å². The zero-order chi connectivity index (χ0) is 24.2. The van der Waals surface area contributed by atoms with Crippen LogP contribution in [-0.4, -0.2) is 8.42 Å². The van der Waals surface area contributed by atoms with Crippen molar-refractivity contribution in [1.82, 2.24) is 0 Å². The van der Waals surface area contributed by atoms with Crippen LogP contribution in [0.15, 0.2) is 63.9 Å². The Morgan fingerprint density at radius 2 is 1.48 bits per heavy atom. The van der Waals surface area contributed by atoms with Crippen molar-refractivity contribution in [2.45, 2.75) is 24.2 Å². The topological polar surface area (TPSA) is 68.5 Å². The Hall–Kier alpha value is -3.25. The minimum atomic E-state index is -5.21. The van der Waals surface area contributed by atoms with Gasteiger partial charge in [0.25, 0.3) is 0 Å². The fraction of sp³-hybridized carbons (Fsp3) is 0.143. The van der Waals surface area contributed by atoms with E-state index in [1.165, 1.54) is 6.92 Å². The lowest BCUT2D eigenvalue weighted by Crippen LogP contribution is -2.16. The first-order valence-corrected chi connectivity index (χ1v) is 10.6. The Balaban J connectivity index is 1.76. The van der Waals surface area contributed by atoms with E-state index in [4.69, 9.17) is 4.42 Å². The maximum atomic E-state index is 13.1. The van der Waals surface area contributed by atoms with Gasteiger partial charge in [0.05, 0.1) is 21.4 Å². The molecule has 0 amide bonds. The molecule has 0 aliphatic heterocycles. The third-order valence-electron chi connectivity index (χ3n) is 4.86. The molecule has 0 spiro atoms. The van der Waals surface area contributed by atoms with Gasteiger partial charge < -0.3 is 4.42 Å². The van der Waals surface area contributed by atoms with Gasteiger partial charge in [0.2, 0.25) is 0 Å². The summed E-state index contributed by atoms with van der Waals surface area (Å²) in [4.78, 5) is -1.31. The minimum absolute atomic E-state index is 0.0633. The number of halogens is 6. The van der Waals surface area contributed by atoms with Crippen molar-refractivity contribution in [3.05, 3.63) is 71.5 Å². The van der Waals surface area contributed by atoms with E-state index < -0.39 is 38.5 Å². The first kappa shape index (κ1) is 22.9. The smallest absolute Gasteiger partial charge is 0.416 e. The fourth-order valence-corrected chi connectivity index (χ4v) is 4.16. The number of alkyl halides is 6. The average molecular weight is 489 g/mol. The minimum Gasteiger partial charge on any atom is -0.459 e. The number of aryl methyl sites for hydroxylation is 1. The van der Waals surface area contributed by atoms with Crippen LogP contribution in [0.5, 0.6) is 0 Å². The SMILES string of the molecule is Cc1oc2ccc3ccccc3c2c1NOS(=O)(=O)c1cc(C(F)(F)F)cc(C(F)(F)F)c1. The molecule has 0 aliphatic carbocycles. The molecule has 1 N–H and O–H groups in total. The van der Waals surface area contributed by atoms with Crippen LogP contribution >= 0.6 is 0 Å². The summed E-state index contributed by atoms with van der Waals surface area (Å²) in [5.41, 5.74) is -0.993. The Labute approximate surface area is 182 Å². The standard InChI is InChI=1S/C21H13F6NO4S/c1-11-19(18-16-5-3-2-4-12(16)6-7-17(18)31-11)28-32-33(29,30)15-9-13(20(22,23)24)8-14(10-15)21(25,26)27/h2-10,28H,1H3. The van der Waals surface area contributed by atoms with Gasteiger partial charge in [-0.05, 0) is 42.0 Å². The van der Waals surface area contributed by atoms with Crippen LogP contribution in [0, 0.1) is 6.92 Å². The number of fused-ring (bicyclic) bond motifs is 3. The second kappa shape index (κ2) is 7.66. The second-order valence-corrected chi connectivity index (χ2v) is 8.62. The lowest BCUT2D eigenvalue weighted by Gasteiger charge is -2.14. The number of hydrogen-bond donors (Lipinski definition) is 1. The number of rotatable bonds is 4. The monoisotopic (exact) mass is 489 g/mol. The Morgan fingerprint density at radius 1 is 0.879 bits per heavy atom. The van der Waals surface area contributed by atoms with Gasteiger partial charge in [-0.3, -0.25) is 0 Å². The highest BCUT2D eigenvalue weighted by atomic mass is 32.2. The molecule has 0 fully saturated rings. The number of nitrogens with one attached hydrogen (secondary N) is 1. The van der Waals surface area contributed by atoms with Gasteiger partial charge in [0.15, 0.2) is 0 Å². The van der Waals surface area contributed by atoms with Gasteiger partial charge in [-0.1, -0.05) is 30.3 Å². The molecule has 174 valence electrons. The largest absolute Gasteiger partial charge is 0.459 e. The molecule has 4 aromatic rings. The highest BCUT2D eigenvalue weighted by Gasteiger charge is 2.38. The van der Waals surface area contributed by atoms with E-state index in [0.29, 0.717) is 16.4 Å². The van der Waals surface area contributed by atoms with Gasteiger partial charge in [-0.2, -0.15) is 34.8 Å². The highest BCUT2D eigenvalue weighted by Crippen LogP contribution is 2.39.